The number of unbranched alkanes of at least 4 members (excludes halogenated alkanes) is 2. The Kier molecular flexibility index (Phi) is 6.09. The van der Waals surface area contributed by atoms with Gasteiger partial charge in [0, 0.05) is 17.9 Å². The third-order valence-electron chi connectivity index (χ3n) is 3.75. The lowest BCUT2D eigenvalue weighted by Gasteiger charge is -2.07. The quantitative estimate of drug-likeness (QED) is 0.589. The molecule has 24 heavy (non-hydrogen) atoms. The second-order valence-corrected chi connectivity index (χ2v) is 5.97. The number of aromatic carboxylic acids is 1. The van der Waals surface area contributed by atoms with Gasteiger partial charge in [0.15, 0.2) is 0 Å². The molecule has 0 atom stereocenters. The highest BCUT2D eigenvalue weighted by atomic mass is 35.5. The van der Waals surface area contributed by atoms with E-state index in [2.05, 4.69) is 11.9 Å². The fourth-order valence-electron chi connectivity index (χ4n) is 2.61. The number of aromatic amines is 1. The van der Waals surface area contributed by atoms with Crippen LogP contribution in [0.25, 0.3) is 10.9 Å². The number of nitrogens with one attached hydrogen (secondary N) is 1. The van der Waals surface area contributed by atoms with Crippen LogP contribution in [-0.2, 0) is 11.2 Å². The lowest BCUT2D eigenvalue weighted by Crippen LogP contribution is -2.04. The van der Waals surface area contributed by atoms with Gasteiger partial charge in [-0.15, -0.1) is 0 Å². The summed E-state index contributed by atoms with van der Waals surface area (Å²) in [6, 6.07) is 3.34. The Morgan fingerprint density at radius 2 is 2.00 bits per heavy atom. The molecule has 6 nitrogen and oxygen atoms in total. The molecule has 0 aliphatic heterocycles. The number of carboxylic acid groups (broad SMARTS) is 2. The van der Waals surface area contributed by atoms with Gasteiger partial charge in [0.1, 0.15) is 11.4 Å². The first-order valence-electron chi connectivity index (χ1n) is 7.86. The highest BCUT2D eigenvalue weighted by Crippen LogP contribution is 2.34. The SMILES string of the molecule is CCCCCOc1cc(Cl)c2c(CCC(=O)O)c(C(=O)O)[nH]c2c1. The van der Waals surface area contributed by atoms with Crippen molar-refractivity contribution in [3.63, 3.8) is 0 Å². The minimum absolute atomic E-state index is 0.0312. The van der Waals surface area contributed by atoms with Gasteiger partial charge in [-0.25, -0.2) is 4.79 Å². The Hall–Kier alpha value is -2.21. The van der Waals surface area contributed by atoms with Crippen molar-refractivity contribution < 1.29 is 24.5 Å². The fraction of sp³-hybridized carbons (Fsp3) is 0.412. The minimum Gasteiger partial charge on any atom is -0.493 e. The molecule has 1 heterocycles. The normalized spacial score (nSPS) is 10.9. The van der Waals surface area contributed by atoms with Crippen LogP contribution in [0.5, 0.6) is 5.75 Å². The summed E-state index contributed by atoms with van der Waals surface area (Å²) >= 11 is 6.30. The van der Waals surface area contributed by atoms with Gasteiger partial charge in [-0.2, -0.15) is 0 Å². The molecule has 130 valence electrons. The minimum atomic E-state index is -1.15. The molecule has 0 saturated heterocycles. The molecular formula is C17H20ClNO5. The predicted molar refractivity (Wildman–Crippen MR) is 91.2 cm³/mol. The topological polar surface area (TPSA) is 99.6 Å². The zero-order valence-electron chi connectivity index (χ0n) is 13.4. The van der Waals surface area contributed by atoms with Crippen LogP contribution in [0.15, 0.2) is 12.1 Å². The summed E-state index contributed by atoms with van der Waals surface area (Å²) in [5.74, 6) is -1.58. The molecule has 2 rings (SSSR count). The first kappa shape index (κ1) is 18.1. The van der Waals surface area contributed by atoms with Crippen molar-refractivity contribution in [2.24, 2.45) is 0 Å². The van der Waals surface area contributed by atoms with E-state index in [-0.39, 0.29) is 18.5 Å². The second-order valence-electron chi connectivity index (χ2n) is 5.56. The zero-order chi connectivity index (χ0) is 17.7. The summed E-state index contributed by atoms with van der Waals surface area (Å²) < 4.78 is 5.66. The number of ether oxygens (including phenoxy) is 1. The number of halogens is 1. The van der Waals surface area contributed by atoms with Crippen molar-refractivity contribution >= 4 is 34.4 Å². The number of carbonyl (C=O) groups is 2. The first-order valence-corrected chi connectivity index (χ1v) is 8.23. The Morgan fingerprint density at radius 3 is 2.62 bits per heavy atom. The molecule has 0 bridgehead atoms. The molecule has 0 spiro atoms. The summed E-state index contributed by atoms with van der Waals surface area (Å²) in [5.41, 5.74) is 0.907. The predicted octanol–water partition coefficient (Wildman–Crippen LogP) is 4.11. The molecule has 0 fully saturated rings. The zero-order valence-corrected chi connectivity index (χ0v) is 14.2. The third-order valence-corrected chi connectivity index (χ3v) is 4.04. The van der Waals surface area contributed by atoms with Crippen molar-refractivity contribution in [2.75, 3.05) is 6.61 Å². The summed E-state index contributed by atoms with van der Waals surface area (Å²) in [6.07, 6.45) is 3.02. The fourth-order valence-corrected chi connectivity index (χ4v) is 2.94. The number of carboxylic acids is 2. The van der Waals surface area contributed by atoms with Crippen molar-refractivity contribution in [2.45, 2.75) is 39.0 Å². The van der Waals surface area contributed by atoms with E-state index < -0.39 is 11.9 Å². The van der Waals surface area contributed by atoms with Crippen LogP contribution in [0.2, 0.25) is 5.02 Å². The van der Waals surface area contributed by atoms with Gasteiger partial charge >= 0.3 is 11.9 Å². The van der Waals surface area contributed by atoms with E-state index >= 15 is 0 Å². The highest BCUT2D eigenvalue weighted by molar-refractivity contribution is 6.36. The molecule has 1 aromatic carbocycles. The number of aryl methyl sites for hydroxylation is 1. The number of hydrogen-bond donors (Lipinski definition) is 3. The second kappa shape index (κ2) is 8.06. The van der Waals surface area contributed by atoms with Crippen LogP contribution in [0.1, 0.15) is 48.7 Å². The van der Waals surface area contributed by atoms with Crippen LogP contribution in [-0.4, -0.2) is 33.7 Å². The molecule has 1 aromatic heterocycles. The van der Waals surface area contributed by atoms with Gasteiger partial charge < -0.3 is 19.9 Å². The molecule has 0 aliphatic carbocycles. The van der Waals surface area contributed by atoms with Crippen LogP contribution < -0.4 is 4.74 Å². The van der Waals surface area contributed by atoms with Crippen molar-refractivity contribution in [1.29, 1.82) is 0 Å². The van der Waals surface area contributed by atoms with E-state index in [0.717, 1.165) is 19.3 Å². The number of aliphatic carboxylic acids is 1. The molecule has 0 unspecified atom stereocenters. The van der Waals surface area contributed by atoms with E-state index in [1.54, 1.807) is 12.1 Å². The Morgan fingerprint density at radius 1 is 1.25 bits per heavy atom. The maximum absolute atomic E-state index is 11.4. The maximum Gasteiger partial charge on any atom is 0.352 e. The molecule has 0 saturated carbocycles. The van der Waals surface area contributed by atoms with Gasteiger partial charge in [-0.1, -0.05) is 31.4 Å². The molecule has 0 amide bonds. The number of hydrogen-bond acceptors (Lipinski definition) is 3. The average molecular weight is 354 g/mol. The number of H-pyrrole nitrogens is 1. The van der Waals surface area contributed by atoms with Crippen LogP contribution in [0.3, 0.4) is 0 Å². The smallest absolute Gasteiger partial charge is 0.352 e. The summed E-state index contributed by atoms with van der Waals surface area (Å²) in [6.45, 7) is 2.67. The number of rotatable bonds is 9. The van der Waals surface area contributed by atoms with E-state index in [4.69, 9.17) is 21.4 Å². The lowest BCUT2D eigenvalue weighted by atomic mass is 10.1. The molecule has 0 aliphatic rings. The van der Waals surface area contributed by atoms with Crippen LogP contribution in [0, 0.1) is 0 Å². The Labute approximate surface area is 144 Å². The maximum atomic E-state index is 11.4. The molecule has 3 N–H and O–H groups in total. The standard InChI is InChI=1S/C17H20ClNO5/c1-2-3-4-7-24-10-8-12(18)15-11(5-6-14(20)21)16(17(22)23)19-13(15)9-10/h8-9,19H,2-7H2,1H3,(H,20,21)(H,22,23). The number of fused-ring (bicyclic) bond motifs is 1. The van der Waals surface area contributed by atoms with E-state index in [0.29, 0.717) is 33.8 Å². The monoisotopic (exact) mass is 353 g/mol. The molecule has 0 radical (unpaired) electrons. The Bertz CT molecular complexity index is 753. The Balaban J connectivity index is 2.36. The molecular weight excluding hydrogens is 334 g/mol. The van der Waals surface area contributed by atoms with Gasteiger partial charge in [0.2, 0.25) is 0 Å². The molecule has 7 heteroatoms. The lowest BCUT2D eigenvalue weighted by molar-refractivity contribution is -0.136. The van der Waals surface area contributed by atoms with E-state index in [1.165, 1.54) is 0 Å². The van der Waals surface area contributed by atoms with E-state index in [9.17, 15) is 14.7 Å². The van der Waals surface area contributed by atoms with Crippen molar-refractivity contribution in [3.8, 4) is 5.75 Å². The number of benzene rings is 1. The first-order chi connectivity index (χ1) is 11.4. The van der Waals surface area contributed by atoms with Crippen molar-refractivity contribution in [3.05, 3.63) is 28.4 Å². The van der Waals surface area contributed by atoms with Crippen LogP contribution in [0.4, 0.5) is 0 Å². The van der Waals surface area contributed by atoms with Gasteiger partial charge in [0.05, 0.1) is 17.1 Å². The third kappa shape index (κ3) is 4.20. The van der Waals surface area contributed by atoms with Gasteiger partial charge in [-0.05, 0) is 24.5 Å². The average Bonchev–Trinajstić information content (AvgIpc) is 2.89. The summed E-state index contributed by atoms with van der Waals surface area (Å²) in [7, 11) is 0. The highest BCUT2D eigenvalue weighted by Gasteiger charge is 2.20. The largest absolute Gasteiger partial charge is 0.493 e. The summed E-state index contributed by atoms with van der Waals surface area (Å²) in [4.78, 5) is 25.0. The summed E-state index contributed by atoms with van der Waals surface area (Å²) in [5, 5.41) is 19.1. The van der Waals surface area contributed by atoms with Crippen LogP contribution >= 0.6 is 11.6 Å². The van der Waals surface area contributed by atoms with Crippen molar-refractivity contribution in [1.82, 2.24) is 4.98 Å². The van der Waals surface area contributed by atoms with Gasteiger partial charge in [0.25, 0.3) is 0 Å². The van der Waals surface area contributed by atoms with E-state index in [1.807, 2.05) is 0 Å². The number of aromatic nitrogens is 1. The molecule has 2 aromatic rings. The van der Waals surface area contributed by atoms with Gasteiger partial charge in [-0.3, -0.25) is 4.79 Å².